The lowest BCUT2D eigenvalue weighted by Gasteiger charge is -2.08. The van der Waals surface area contributed by atoms with E-state index in [1.165, 1.54) is 0 Å². The molecule has 5 heteroatoms. The minimum absolute atomic E-state index is 0.161. The topological polar surface area (TPSA) is 41.1 Å². The highest BCUT2D eigenvalue weighted by molar-refractivity contribution is 9.10. The van der Waals surface area contributed by atoms with Crippen molar-refractivity contribution in [1.29, 1.82) is 0 Å². The largest absolute Gasteiger partial charge is 0.388 e. The molecule has 1 amide bonds. The van der Waals surface area contributed by atoms with E-state index in [4.69, 9.17) is 11.6 Å². The van der Waals surface area contributed by atoms with Crippen molar-refractivity contribution >= 4 is 44.8 Å². The zero-order chi connectivity index (χ0) is 13.8. The Bertz CT molecular complexity index is 599. The zero-order valence-corrected chi connectivity index (χ0v) is 12.5. The van der Waals surface area contributed by atoms with Gasteiger partial charge in [-0.2, -0.15) is 0 Å². The summed E-state index contributed by atoms with van der Waals surface area (Å²) in [5, 5.41) is 6.44. The minimum Gasteiger partial charge on any atom is -0.388 e. The Morgan fingerprint density at radius 1 is 1.16 bits per heavy atom. The van der Waals surface area contributed by atoms with Crippen LogP contribution in [0.4, 0.5) is 11.4 Å². The fourth-order valence-corrected chi connectivity index (χ4v) is 2.36. The highest BCUT2D eigenvalue weighted by Gasteiger charge is 2.08. The van der Waals surface area contributed by atoms with E-state index in [-0.39, 0.29) is 5.91 Å². The maximum atomic E-state index is 12.1. The standard InChI is InChI=1S/C14H12BrClN2O/c1-17-11-5-2-9(3-6-11)14(19)18-13-7-4-10(16)8-12(13)15/h2-8,17H,1H3,(H,18,19). The second-order valence-corrected chi connectivity index (χ2v) is 5.20. The van der Waals surface area contributed by atoms with E-state index in [9.17, 15) is 4.79 Å². The normalized spacial score (nSPS) is 10.1. The molecule has 0 aliphatic heterocycles. The van der Waals surface area contributed by atoms with Crippen LogP contribution in [0.25, 0.3) is 0 Å². The van der Waals surface area contributed by atoms with Gasteiger partial charge in [0, 0.05) is 27.8 Å². The number of hydrogen-bond donors (Lipinski definition) is 2. The van der Waals surface area contributed by atoms with Gasteiger partial charge in [-0.15, -0.1) is 0 Å². The van der Waals surface area contributed by atoms with Crippen molar-refractivity contribution in [3.05, 3.63) is 57.5 Å². The first kappa shape index (κ1) is 13.9. The predicted molar refractivity (Wildman–Crippen MR) is 83.1 cm³/mol. The Balaban J connectivity index is 2.15. The molecule has 0 fully saturated rings. The first-order chi connectivity index (χ1) is 9.10. The van der Waals surface area contributed by atoms with E-state index < -0.39 is 0 Å². The summed E-state index contributed by atoms with van der Waals surface area (Å²) in [6, 6.07) is 12.5. The Kier molecular flexibility index (Phi) is 4.45. The number of nitrogens with one attached hydrogen (secondary N) is 2. The summed E-state index contributed by atoms with van der Waals surface area (Å²) in [6.07, 6.45) is 0. The van der Waals surface area contributed by atoms with E-state index >= 15 is 0 Å². The van der Waals surface area contributed by atoms with Gasteiger partial charge >= 0.3 is 0 Å². The molecule has 2 aromatic carbocycles. The van der Waals surface area contributed by atoms with Crippen LogP contribution in [0.5, 0.6) is 0 Å². The molecule has 0 radical (unpaired) electrons. The van der Waals surface area contributed by atoms with Gasteiger partial charge in [-0.1, -0.05) is 11.6 Å². The molecule has 0 aliphatic rings. The van der Waals surface area contributed by atoms with Crippen molar-refractivity contribution in [3.8, 4) is 0 Å². The summed E-state index contributed by atoms with van der Waals surface area (Å²) in [5.41, 5.74) is 2.25. The highest BCUT2D eigenvalue weighted by Crippen LogP contribution is 2.26. The number of hydrogen-bond acceptors (Lipinski definition) is 2. The van der Waals surface area contributed by atoms with Crippen LogP contribution in [-0.4, -0.2) is 13.0 Å². The summed E-state index contributed by atoms with van der Waals surface area (Å²) in [5.74, 6) is -0.161. The van der Waals surface area contributed by atoms with Gasteiger partial charge in [-0.05, 0) is 58.4 Å². The van der Waals surface area contributed by atoms with Crippen molar-refractivity contribution in [2.45, 2.75) is 0 Å². The summed E-state index contributed by atoms with van der Waals surface area (Å²) in [4.78, 5) is 12.1. The van der Waals surface area contributed by atoms with Crippen molar-refractivity contribution < 1.29 is 4.79 Å². The van der Waals surface area contributed by atoms with Gasteiger partial charge in [0.1, 0.15) is 0 Å². The van der Waals surface area contributed by atoms with Crippen LogP contribution in [0.1, 0.15) is 10.4 Å². The van der Waals surface area contributed by atoms with Gasteiger partial charge in [-0.25, -0.2) is 0 Å². The van der Waals surface area contributed by atoms with Gasteiger partial charge in [0.25, 0.3) is 5.91 Å². The maximum absolute atomic E-state index is 12.1. The second-order valence-electron chi connectivity index (χ2n) is 3.91. The van der Waals surface area contributed by atoms with Crippen molar-refractivity contribution in [2.75, 3.05) is 17.7 Å². The van der Waals surface area contributed by atoms with Crippen LogP contribution in [0, 0.1) is 0 Å². The summed E-state index contributed by atoms with van der Waals surface area (Å²) in [6.45, 7) is 0. The zero-order valence-electron chi connectivity index (χ0n) is 10.2. The smallest absolute Gasteiger partial charge is 0.255 e. The van der Waals surface area contributed by atoms with Crippen molar-refractivity contribution in [3.63, 3.8) is 0 Å². The molecule has 0 atom stereocenters. The first-order valence-corrected chi connectivity index (χ1v) is 6.81. The fraction of sp³-hybridized carbons (Fsp3) is 0.0714. The van der Waals surface area contributed by atoms with E-state index in [2.05, 4.69) is 26.6 Å². The number of anilines is 2. The highest BCUT2D eigenvalue weighted by atomic mass is 79.9. The van der Waals surface area contributed by atoms with Gasteiger partial charge in [0.2, 0.25) is 0 Å². The van der Waals surface area contributed by atoms with Crippen molar-refractivity contribution in [2.24, 2.45) is 0 Å². The van der Waals surface area contributed by atoms with Gasteiger partial charge in [0.15, 0.2) is 0 Å². The molecule has 0 saturated heterocycles. The molecule has 0 spiro atoms. The van der Waals surface area contributed by atoms with E-state index in [1.54, 1.807) is 30.3 Å². The molecular formula is C14H12BrClN2O. The third-order valence-electron chi connectivity index (χ3n) is 2.62. The number of rotatable bonds is 3. The molecule has 98 valence electrons. The van der Waals surface area contributed by atoms with E-state index in [1.807, 2.05) is 19.2 Å². The minimum atomic E-state index is -0.161. The molecule has 3 nitrogen and oxygen atoms in total. The first-order valence-electron chi connectivity index (χ1n) is 5.64. The van der Waals surface area contributed by atoms with Crippen LogP contribution in [-0.2, 0) is 0 Å². The Morgan fingerprint density at radius 3 is 2.42 bits per heavy atom. The van der Waals surface area contributed by atoms with Gasteiger partial charge in [-0.3, -0.25) is 4.79 Å². The molecule has 2 aromatic rings. The lowest BCUT2D eigenvalue weighted by Crippen LogP contribution is -2.12. The SMILES string of the molecule is CNc1ccc(C(=O)Nc2ccc(Cl)cc2Br)cc1. The number of carbonyl (C=O) groups is 1. The molecule has 2 rings (SSSR count). The maximum Gasteiger partial charge on any atom is 0.255 e. The molecule has 0 bridgehead atoms. The predicted octanol–water partition coefficient (Wildman–Crippen LogP) is 4.40. The monoisotopic (exact) mass is 338 g/mol. The molecule has 0 heterocycles. The lowest BCUT2D eigenvalue weighted by atomic mass is 10.2. The van der Waals surface area contributed by atoms with Crippen LogP contribution < -0.4 is 10.6 Å². The fourth-order valence-electron chi connectivity index (χ4n) is 1.57. The lowest BCUT2D eigenvalue weighted by molar-refractivity contribution is 0.102. The number of carbonyl (C=O) groups excluding carboxylic acids is 1. The molecule has 0 unspecified atom stereocenters. The molecule has 0 aromatic heterocycles. The average molecular weight is 340 g/mol. The van der Waals surface area contributed by atoms with Crippen LogP contribution >= 0.6 is 27.5 Å². The summed E-state index contributed by atoms with van der Waals surface area (Å²) < 4.78 is 0.750. The summed E-state index contributed by atoms with van der Waals surface area (Å²) >= 11 is 9.22. The second kappa shape index (κ2) is 6.08. The molecule has 19 heavy (non-hydrogen) atoms. The Labute approximate surface area is 125 Å². The molecule has 2 N–H and O–H groups in total. The van der Waals surface area contributed by atoms with Gasteiger partial charge in [0.05, 0.1) is 5.69 Å². The van der Waals surface area contributed by atoms with Crippen LogP contribution in [0.2, 0.25) is 5.02 Å². The quantitative estimate of drug-likeness (QED) is 0.870. The molecule has 0 aliphatic carbocycles. The third kappa shape index (κ3) is 3.49. The number of halogens is 2. The third-order valence-corrected chi connectivity index (χ3v) is 3.51. The van der Waals surface area contributed by atoms with E-state index in [0.717, 1.165) is 10.2 Å². The number of benzene rings is 2. The summed E-state index contributed by atoms with van der Waals surface area (Å²) in [7, 11) is 1.83. The Hall–Kier alpha value is -1.52. The Morgan fingerprint density at radius 2 is 1.84 bits per heavy atom. The van der Waals surface area contributed by atoms with E-state index in [0.29, 0.717) is 16.3 Å². The van der Waals surface area contributed by atoms with Crippen molar-refractivity contribution in [1.82, 2.24) is 0 Å². The van der Waals surface area contributed by atoms with Crippen LogP contribution in [0.15, 0.2) is 46.9 Å². The molecular weight excluding hydrogens is 328 g/mol. The average Bonchev–Trinajstić information content (AvgIpc) is 2.42. The molecule has 0 saturated carbocycles. The van der Waals surface area contributed by atoms with Gasteiger partial charge < -0.3 is 10.6 Å². The van der Waals surface area contributed by atoms with Crippen LogP contribution in [0.3, 0.4) is 0 Å². The number of amides is 1.